The summed E-state index contributed by atoms with van der Waals surface area (Å²) in [6.45, 7) is 3.83. The minimum absolute atomic E-state index is 0.00505. The van der Waals surface area contributed by atoms with E-state index < -0.39 is 43.0 Å². The van der Waals surface area contributed by atoms with Crippen LogP contribution in [0.4, 0.5) is 5.69 Å². The average Bonchev–Trinajstić information content (AvgIpc) is 2.61. The van der Waals surface area contributed by atoms with Crippen LogP contribution in [0.1, 0.15) is 17.3 Å². The molecular formula is C16H21N3O7S. The smallest absolute Gasteiger partial charge is 0.321 e. The summed E-state index contributed by atoms with van der Waals surface area (Å²) in [5.41, 5.74) is -0.708. The predicted molar refractivity (Wildman–Crippen MR) is 95.2 cm³/mol. The molecule has 11 heteroatoms. The van der Waals surface area contributed by atoms with Crippen molar-refractivity contribution >= 4 is 27.4 Å². The van der Waals surface area contributed by atoms with Gasteiger partial charge in [-0.15, -0.1) is 0 Å². The lowest BCUT2D eigenvalue weighted by Gasteiger charge is -2.32. The normalized spacial score (nSPS) is 15.4. The molecule has 27 heavy (non-hydrogen) atoms. The van der Waals surface area contributed by atoms with Crippen molar-refractivity contribution in [2.75, 3.05) is 45.6 Å². The van der Waals surface area contributed by atoms with Crippen LogP contribution < -0.4 is 0 Å². The lowest BCUT2D eigenvalue weighted by molar-refractivity contribution is -0.387. The predicted octanol–water partition coefficient (Wildman–Crippen LogP) is 0.319. The maximum Gasteiger partial charge on any atom is 0.321 e. The Hall–Kier alpha value is -2.53. The van der Waals surface area contributed by atoms with Gasteiger partial charge in [-0.2, -0.15) is 0 Å². The van der Waals surface area contributed by atoms with Crippen molar-refractivity contribution in [2.24, 2.45) is 0 Å². The molecule has 10 nitrogen and oxygen atoms in total. The number of nitrogens with zero attached hydrogens (tertiary/aromatic N) is 3. The Kier molecular flexibility index (Phi) is 6.50. The quantitative estimate of drug-likeness (QED) is 0.380. The minimum Gasteiger partial charge on any atom is -0.465 e. The number of carbonyl (C=O) groups is 2. The van der Waals surface area contributed by atoms with Crippen molar-refractivity contribution in [3.63, 3.8) is 0 Å². The number of nitro benzene ring substituents is 1. The zero-order valence-corrected chi connectivity index (χ0v) is 15.9. The second-order valence-corrected chi connectivity index (χ2v) is 8.06. The molecule has 1 fully saturated rings. The van der Waals surface area contributed by atoms with Gasteiger partial charge in [0, 0.05) is 37.8 Å². The molecule has 1 aliphatic rings. The van der Waals surface area contributed by atoms with Crippen LogP contribution in [0.15, 0.2) is 23.1 Å². The maximum absolute atomic E-state index is 12.6. The fourth-order valence-corrected chi connectivity index (χ4v) is 3.96. The number of ether oxygens (including phenoxy) is 1. The third-order valence-electron chi connectivity index (χ3n) is 4.14. The van der Waals surface area contributed by atoms with E-state index in [1.165, 1.54) is 13.0 Å². The van der Waals surface area contributed by atoms with Gasteiger partial charge in [0.1, 0.15) is 4.90 Å². The van der Waals surface area contributed by atoms with Gasteiger partial charge in [-0.05, 0) is 26.1 Å². The first-order valence-electron chi connectivity index (χ1n) is 8.30. The monoisotopic (exact) mass is 399 g/mol. The van der Waals surface area contributed by atoms with Crippen LogP contribution in [0.3, 0.4) is 0 Å². The summed E-state index contributed by atoms with van der Waals surface area (Å²) in [5, 5.41) is 11.4. The zero-order valence-electron chi connectivity index (χ0n) is 15.1. The Morgan fingerprint density at radius 1 is 1.22 bits per heavy atom. The van der Waals surface area contributed by atoms with Crippen LogP contribution >= 0.6 is 0 Å². The summed E-state index contributed by atoms with van der Waals surface area (Å²) in [6.07, 6.45) is 0. The molecule has 0 N–H and O–H groups in total. The number of rotatable bonds is 6. The van der Waals surface area contributed by atoms with Gasteiger partial charge < -0.3 is 14.5 Å². The number of carbonyl (C=O) groups excluding carboxylic acids is 2. The fraction of sp³-hybridized carbons (Fsp3) is 0.500. The Labute approximate surface area is 156 Å². The molecule has 0 bridgehead atoms. The maximum atomic E-state index is 12.6. The van der Waals surface area contributed by atoms with Crippen molar-refractivity contribution in [3.05, 3.63) is 33.9 Å². The Morgan fingerprint density at radius 3 is 2.41 bits per heavy atom. The van der Waals surface area contributed by atoms with Crippen LogP contribution in [0, 0.1) is 10.1 Å². The molecule has 1 aliphatic heterocycles. The van der Waals surface area contributed by atoms with Crippen molar-refractivity contribution in [1.29, 1.82) is 0 Å². The number of nitro groups is 1. The first-order chi connectivity index (χ1) is 12.7. The summed E-state index contributed by atoms with van der Waals surface area (Å²) in [5.74, 6) is -2.40. The molecule has 1 aromatic rings. The molecule has 0 unspecified atom stereocenters. The zero-order chi connectivity index (χ0) is 20.2. The standard InChI is InChI=1S/C16H21N3O7S/c1-3-26-15(20)11-27(24,25)14-5-4-12(10-13(14)19(22)23)16(21)18-8-6-17(2)7-9-18/h4-5,10H,3,6-9,11H2,1-2H3. The molecule has 0 spiro atoms. The van der Waals surface area contributed by atoms with Gasteiger partial charge in [0.15, 0.2) is 15.6 Å². The highest BCUT2D eigenvalue weighted by Crippen LogP contribution is 2.27. The lowest BCUT2D eigenvalue weighted by Crippen LogP contribution is -2.47. The second-order valence-electron chi connectivity index (χ2n) is 6.10. The fourth-order valence-electron chi connectivity index (χ4n) is 2.68. The molecule has 1 aromatic carbocycles. The topological polar surface area (TPSA) is 127 Å². The highest BCUT2D eigenvalue weighted by molar-refractivity contribution is 7.92. The second kappa shape index (κ2) is 8.44. The van der Waals surface area contributed by atoms with Gasteiger partial charge in [-0.1, -0.05) is 0 Å². The van der Waals surface area contributed by atoms with Gasteiger partial charge in [-0.3, -0.25) is 19.7 Å². The number of sulfone groups is 1. The van der Waals surface area contributed by atoms with Crippen LogP contribution in [0.5, 0.6) is 0 Å². The van der Waals surface area contributed by atoms with Crippen LogP contribution in [0.2, 0.25) is 0 Å². The number of benzene rings is 1. The minimum atomic E-state index is -4.28. The van der Waals surface area contributed by atoms with Crippen molar-refractivity contribution in [2.45, 2.75) is 11.8 Å². The van der Waals surface area contributed by atoms with E-state index in [-0.39, 0.29) is 12.2 Å². The third-order valence-corrected chi connectivity index (χ3v) is 5.77. The molecule has 148 valence electrons. The molecule has 0 saturated carbocycles. The highest BCUT2D eigenvalue weighted by Gasteiger charge is 2.31. The van der Waals surface area contributed by atoms with Gasteiger partial charge in [0.2, 0.25) is 0 Å². The Morgan fingerprint density at radius 2 is 1.85 bits per heavy atom. The molecule has 1 amide bonds. The van der Waals surface area contributed by atoms with E-state index in [0.29, 0.717) is 26.2 Å². The van der Waals surface area contributed by atoms with Gasteiger partial charge >= 0.3 is 5.97 Å². The highest BCUT2D eigenvalue weighted by atomic mass is 32.2. The Bertz CT molecular complexity index is 846. The SMILES string of the molecule is CCOC(=O)CS(=O)(=O)c1ccc(C(=O)N2CCN(C)CC2)cc1[N+](=O)[O-]. The van der Waals surface area contributed by atoms with Crippen molar-refractivity contribution in [3.8, 4) is 0 Å². The molecule has 0 atom stereocenters. The first kappa shape index (κ1) is 20.8. The van der Waals surface area contributed by atoms with E-state index in [0.717, 1.165) is 12.1 Å². The summed E-state index contributed by atoms with van der Waals surface area (Å²) >= 11 is 0. The molecule has 0 radical (unpaired) electrons. The molecule has 1 heterocycles. The van der Waals surface area contributed by atoms with Gasteiger partial charge in [-0.25, -0.2) is 8.42 Å². The molecule has 2 rings (SSSR count). The number of hydrogen-bond donors (Lipinski definition) is 0. The molecule has 1 saturated heterocycles. The third kappa shape index (κ3) is 5.01. The van der Waals surface area contributed by atoms with Crippen molar-refractivity contribution < 1.29 is 27.7 Å². The molecular weight excluding hydrogens is 378 g/mol. The van der Waals surface area contributed by atoms with E-state index in [4.69, 9.17) is 0 Å². The van der Waals surface area contributed by atoms with Crippen LogP contribution in [-0.4, -0.2) is 80.6 Å². The molecule has 0 aliphatic carbocycles. The van der Waals surface area contributed by atoms with E-state index in [1.807, 2.05) is 7.05 Å². The van der Waals surface area contributed by atoms with Gasteiger partial charge in [0.25, 0.3) is 11.6 Å². The Balaban J connectivity index is 2.32. The summed E-state index contributed by atoms with van der Waals surface area (Å²) in [4.78, 5) is 37.5. The number of hydrogen-bond acceptors (Lipinski definition) is 8. The summed E-state index contributed by atoms with van der Waals surface area (Å²) < 4.78 is 29.3. The number of piperazine rings is 1. The van der Waals surface area contributed by atoms with E-state index in [2.05, 4.69) is 9.64 Å². The van der Waals surface area contributed by atoms with E-state index in [9.17, 15) is 28.1 Å². The van der Waals surface area contributed by atoms with Crippen LogP contribution in [-0.2, 0) is 19.4 Å². The number of amides is 1. The van der Waals surface area contributed by atoms with Gasteiger partial charge in [0.05, 0.1) is 11.5 Å². The van der Waals surface area contributed by atoms with Crippen molar-refractivity contribution in [1.82, 2.24) is 9.80 Å². The van der Waals surface area contributed by atoms with Crippen LogP contribution in [0.25, 0.3) is 0 Å². The average molecular weight is 399 g/mol. The lowest BCUT2D eigenvalue weighted by atomic mass is 10.1. The first-order valence-corrected chi connectivity index (χ1v) is 9.95. The number of likely N-dealkylation sites (N-methyl/N-ethyl adjacent to an activating group) is 1. The number of esters is 1. The summed E-state index contributed by atoms with van der Waals surface area (Å²) in [7, 11) is -2.35. The summed E-state index contributed by atoms with van der Waals surface area (Å²) in [6, 6.07) is 3.17. The molecule has 0 aromatic heterocycles. The largest absolute Gasteiger partial charge is 0.465 e. The van der Waals surface area contributed by atoms with E-state index in [1.54, 1.807) is 4.90 Å². The van der Waals surface area contributed by atoms with E-state index >= 15 is 0 Å².